The first kappa shape index (κ1) is 13.4. The predicted molar refractivity (Wildman–Crippen MR) is 78.9 cm³/mol. The number of anilines is 1. The molecule has 1 fully saturated rings. The summed E-state index contributed by atoms with van der Waals surface area (Å²) in [4.78, 5) is 12.2. The Morgan fingerprint density at radius 3 is 3.05 bits per heavy atom. The SMILES string of the molecule is O=C(NCC1CCCCC1O)c1ccc2c(c1)NCC2. The van der Waals surface area contributed by atoms with Crippen molar-refractivity contribution >= 4 is 11.6 Å². The summed E-state index contributed by atoms with van der Waals surface area (Å²) < 4.78 is 0. The van der Waals surface area contributed by atoms with E-state index in [0.717, 1.165) is 44.3 Å². The second-order valence-electron chi connectivity index (χ2n) is 5.87. The smallest absolute Gasteiger partial charge is 0.251 e. The topological polar surface area (TPSA) is 61.4 Å². The van der Waals surface area contributed by atoms with Crippen LogP contribution in [0.2, 0.25) is 0 Å². The maximum Gasteiger partial charge on any atom is 0.251 e. The number of nitrogens with one attached hydrogen (secondary N) is 2. The number of aliphatic hydroxyl groups is 1. The van der Waals surface area contributed by atoms with E-state index in [1.54, 1.807) is 0 Å². The summed E-state index contributed by atoms with van der Waals surface area (Å²) in [7, 11) is 0. The Labute approximate surface area is 119 Å². The van der Waals surface area contributed by atoms with Crippen molar-refractivity contribution in [2.24, 2.45) is 5.92 Å². The Balaban J connectivity index is 1.59. The maximum atomic E-state index is 12.2. The number of rotatable bonds is 3. The Kier molecular flexibility index (Phi) is 3.92. The van der Waals surface area contributed by atoms with Gasteiger partial charge in [-0.2, -0.15) is 0 Å². The van der Waals surface area contributed by atoms with Crippen LogP contribution in [0.5, 0.6) is 0 Å². The Hall–Kier alpha value is -1.55. The van der Waals surface area contributed by atoms with Crippen molar-refractivity contribution in [3.05, 3.63) is 29.3 Å². The fourth-order valence-electron chi connectivity index (χ4n) is 3.18. The van der Waals surface area contributed by atoms with Crippen LogP contribution in [-0.2, 0) is 6.42 Å². The lowest BCUT2D eigenvalue weighted by molar-refractivity contribution is 0.0663. The first-order valence-electron chi connectivity index (χ1n) is 7.57. The molecular weight excluding hydrogens is 252 g/mol. The van der Waals surface area contributed by atoms with Crippen molar-refractivity contribution in [2.45, 2.75) is 38.2 Å². The van der Waals surface area contributed by atoms with Gasteiger partial charge in [0.25, 0.3) is 5.91 Å². The number of amides is 1. The lowest BCUT2D eigenvalue weighted by atomic mass is 9.86. The van der Waals surface area contributed by atoms with Crippen LogP contribution in [0.3, 0.4) is 0 Å². The number of carbonyl (C=O) groups excluding carboxylic acids is 1. The number of fused-ring (bicyclic) bond motifs is 1. The summed E-state index contributed by atoms with van der Waals surface area (Å²) in [5.74, 6) is 0.166. The van der Waals surface area contributed by atoms with E-state index in [1.807, 2.05) is 18.2 Å². The third-order valence-electron chi connectivity index (χ3n) is 4.48. The summed E-state index contributed by atoms with van der Waals surface area (Å²) in [6, 6.07) is 5.84. The number of aliphatic hydroxyl groups excluding tert-OH is 1. The molecule has 3 N–H and O–H groups in total. The average molecular weight is 274 g/mol. The second kappa shape index (κ2) is 5.83. The fraction of sp³-hybridized carbons (Fsp3) is 0.562. The van der Waals surface area contributed by atoms with Gasteiger partial charge in [0.1, 0.15) is 0 Å². The fourth-order valence-corrected chi connectivity index (χ4v) is 3.18. The molecule has 2 aliphatic rings. The highest BCUT2D eigenvalue weighted by Crippen LogP contribution is 2.25. The molecule has 4 nitrogen and oxygen atoms in total. The summed E-state index contributed by atoms with van der Waals surface area (Å²) in [5, 5.41) is 16.2. The van der Waals surface area contributed by atoms with Crippen molar-refractivity contribution in [3.63, 3.8) is 0 Å². The normalized spacial score (nSPS) is 24.9. The van der Waals surface area contributed by atoms with Gasteiger partial charge in [-0.25, -0.2) is 0 Å². The summed E-state index contributed by atoms with van der Waals surface area (Å²) in [6.07, 6.45) is 4.90. The molecule has 2 atom stereocenters. The highest BCUT2D eigenvalue weighted by atomic mass is 16.3. The van der Waals surface area contributed by atoms with Crippen LogP contribution in [0.15, 0.2) is 18.2 Å². The van der Waals surface area contributed by atoms with Crippen LogP contribution >= 0.6 is 0 Å². The zero-order valence-electron chi connectivity index (χ0n) is 11.7. The van der Waals surface area contributed by atoms with Gasteiger partial charge in [-0.1, -0.05) is 18.9 Å². The molecule has 1 amide bonds. The van der Waals surface area contributed by atoms with Crippen molar-refractivity contribution in [1.29, 1.82) is 0 Å². The van der Waals surface area contributed by atoms with Crippen LogP contribution in [-0.4, -0.2) is 30.2 Å². The van der Waals surface area contributed by atoms with Gasteiger partial charge in [-0.05, 0) is 37.0 Å². The number of carbonyl (C=O) groups is 1. The van der Waals surface area contributed by atoms with Crippen LogP contribution < -0.4 is 10.6 Å². The van der Waals surface area contributed by atoms with Crippen molar-refractivity contribution < 1.29 is 9.90 Å². The van der Waals surface area contributed by atoms with Gasteiger partial charge in [0.15, 0.2) is 0 Å². The zero-order chi connectivity index (χ0) is 13.9. The van der Waals surface area contributed by atoms with Crippen molar-refractivity contribution in [2.75, 3.05) is 18.4 Å². The molecule has 0 radical (unpaired) electrons. The zero-order valence-corrected chi connectivity index (χ0v) is 11.7. The largest absolute Gasteiger partial charge is 0.393 e. The molecule has 1 aromatic rings. The first-order valence-corrected chi connectivity index (χ1v) is 7.57. The molecule has 1 aliphatic carbocycles. The van der Waals surface area contributed by atoms with E-state index in [-0.39, 0.29) is 17.9 Å². The molecular formula is C16H22N2O2. The molecule has 1 aromatic carbocycles. The van der Waals surface area contributed by atoms with Gasteiger partial charge in [-0.3, -0.25) is 4.79 Å². The lowest BCUT2D eigenvalue weighted by Gasteiger charge is -2.27. The van der Waals surface area contributed by atoms with E-state index in [2.05, 4.69) is 10.6 Å². The minimum Gasteiger partial charge on any atom is -0.393 e. The summed E-state index contributed by atoms with van der Waals surface area (Å²) in [6.45, 7) is 1.53. The van der Waals surface area contributed by atoms with Crippen LogP contribution in [0.1, 0.15) is 41.6 Å². The molecule has 1 aliphatic heterocycles. The molecule has 3 rings (SSSR count). The molecule has 0 bridgehead atoms. The van der Waals surface area contributed by atoms with E-state index in [9.17, 15) is 9.90 Å². The average Bonchev–Trinajstić information content (AvgIpc) is 2.93. The van der Waals surface area contributed by atoms with Gasteiger partial charge in [0, 0.05) is 30.3 Å². The predicted octanol–water partition coefficient (Wildman–Crippen LogP) is 1.94. The maximum absolute atomic E-state index is 12.2. The molecule has 2 unspecified atom stereocenters. The number of hydrogen-bond donors (Lipinski definition) is 3. The van der Waals surface area contributed by atoms with E-state index in [4.69, 9.17) is 0 Å². The van der Waals surface area contributed by atoms with E-state index in [0.29, 0.717) is 12.1 Å². The monoisotopic (exact) mass is 274 g/mol. The molecule has 0 aromatic heterocycles. The number of benzene rings is 1. The Morgan fingerprint density at radius 2 is 2.20 bits per heavy atom. The third-order valence-corrected chi connectivity index (χ3v) is 4.48. The van der Waals surface area contributed by atoms with E-state index < -0.39 is 0 Å². The lowest BCUT2D eigenvalue weighted by Crippen LogP contribution is -2.36. The van der Waals surface area contributed by atoms with Crippen LogP contribution in [0.25, 0.3) is 0 Å². The Morgan fingerprint density at radius 1 is 1.35 bits per heavy atom. The van der Waals surface area contributed by atoms with Crippen LogP contribution in [0, 0.1) is 5.92 Å². The summed E-state index contributed by atoms with van der Waals surface area (Å²) >= 11 is 0. The van der Waals surface area contributed by atoms with Crippen LogP contribution in [0.4, 0.5) is 5.69 Å². The van der Waals surface area contributed by atoms with Crippen molar-refractivity contribution in [1.82, 2.24) is 5.32 Å². The highest BCUT2D eigenvalue weighted by molar-refractivity contribution is 5.95. The highest BCUT2D eigenvalue weighted by Gasteiger charge is 2.23. The summed E-state index contributed by atoms with van der Waals surface area (Å²) in [5.41, 5.74) is 3.06. The van der Waals surface area contributed by atoms with Gasteiger partial charge in [0.2, 0.25) is 0 Å². The minimum atomic E-state index is -0.259. The van der Waals surface area contributed by atoms with Gasteiger partial charge in [-0.15, -0.1) is 0 Å². The molecule has 0 saturated heterocycles. The molecule has 20 heavy (non-hydrogen) atoms. The molecule has 1 saturated carbocycles. The molecule has 108 valence electrons. The molecule has 1 heterocycles. The third kappa shape index (κ3) is 2.80. The Bertz CT molecular complexity index is 501. The van der Waals surface area contributed by atoms with Gasteiger partial charge < -0.3 is 15.7 Å². The molecule has 0 spiro atoms. The minimum absolute atomic E-state index is 0.0423. The van der Waals surface area contributed by atoms with Crippen molar-refractivity contribution in [3.8, 4) is 0 Å². The van der Waals surface area contributed by atoms with Gasteiger partial charge >= 0.3 is 0 Å². The first-order chi connectivity index (χ1) is 9.74. The standard InChI is InChI=1S/C16H22N2O2/c19-15-4-2-1-3-13(15)10-18-16(20)12-6-5-11-7-8-17-14(11)9-12/h5-6,9,13,15,17,19H,1-4,7-8,10H2,(H,18,20). The van der Waals surface area contributed by atoms with E-state index >= 15 is 0 Å². The quantitative estimate of drug-likeness (QED) is 0.789. The molecule has 4 heteroatoms. The number of hydrogen-bond acceptors (Lipinski definition) is 3. The second-order valence-corrected chi connectivity index (χ2v) is 5.87. The van der Waals surface area contributed by atoms with Gasteiger partial charge in [0.05, 0.1) is 6.10 Å². The van der Waals surface area contributed by atoms with E-state index in [1.165, 1.54) is 5.56 Å².